The Labute approximate surface area is 364 Å². The van der Waals surface area contributed by atoms with Gasteiger partial charge < -0.3 is 25.4 Å². The number of nitrogens with zero attached hydrogens (tertiary/aromatic N) is 3. The Kier molecular flexibility index (Phi) is 15.1. The summed E-state index contributed by atoms with van der Waals surface area (Å²) in [5.41, 5.74) is 7.95. The fourth-order valence-corrected chi connectivity index (χ4v) is 6.65. The van der Waals surface area contributed by atoms with Gasteiger partial charge in [0.15, 0.2) is 0 Å². The molecule has 0 aliphatic carbocycles. The highest BCUT2D eigenvalue weighted by molar-refractivity contribution is 6.07. The van der Waals surface area contributed by atoms with E-state index in [1.54, 1.807) is 18.0 Å². The molecule has 0 unspecified atom stereocenters. The van der Waals surface area contributed by atoms with Crippen molar-refractivity contribution >= 4 is 40.0 Å². The van der Waals surface area contributed by atoms with E-state index in [1.165, 1.54) is 11.1 Å². The third-order valence-electron chi connectivity index (χ3n) is 10.1. The molecule has 11 heteroatoms. The van der Waals surface area contributed by atoms with Crippen molar-refractivity contribution in [3.63, 3.8) is 0 Å². The first-order valence-corrected chi connectivity index (χ1v) is 20.9. The fourth-order valence-electron chi connectivity index (χ4n) is 6.65. The van der Waals surface area contributed by atoms with Crippen LogP contribution >= 0.6 is 0 Å². The Bertz CT molecular complexity index is 2560. The lowest BCUT2D eigenvalue weighted by Crippen LogP contribution is -2.21. The molecule has 2 aromatic heterocycles. The van der Waals surface area contributed by atoms with Crippen molar-refractivity contribution in [1.29, 1.82) is 0 Å². The third kappa shape index (κ3) is 12.5. The minimum absolute atomic E-state index is 0.0913. The van der Waals surface area contributed by atoms with Gasteiger partial charge in [0.2, 0.25) is 5.91 Å². The van der Waals surface area contributed by atoms with Crippen LogP contribution in [0.25, 0.3) is 16.5 Å². The summed E-state index contributed by atoms with van der Waals surface area (Å²) in [5, 5.41) is 18.5. The number of fused-ring (bicyclic) bond motifs is 1. The standard InChI is InChI=1S/C42H44N6O4.C9H13N/c1-28-13-17-31(18-14-28)48-39(26-37(47-48)42(2,3)4)46-41(50)44-35-21-22-36(34-11-7-6-10-33(34)35)52-27-30-23-24-43-38(25-30)45-40(49)12-8-9-29-15-19-32(51-5)20-16-29;1-8-3-5-9(6-4-8)7-10-2/h6-7,10-11,13-26H,8-9,12,27H2,1-5H3,(H,43,45,49)(H2,44,46,50);3-6,10H,7H2,1-2H3. The predicted octanol–water partition coefficient (Wildman–Crippen LogP) is 10.9. The summed E-state index contributed by atoms with van der Waals surface area (Å²) in [6.45, 7) is 11.6. The van der Waals surface area contributed by atoms with Crippen molar-refractivity contribution in [2.75, 3.05) is 30.1 Å². The number of urea groups is 1. The van der Waals surface area contributed by atoms with Gasteiger partial charge in [0.25, 0.3) is 0 Å². The van der Waals surface area contributed by atoms with E-state index in [4.69, 9.17) is 14.6 Å². The van der Waals surface area contributed by atoms with E-state index in [1.807, 2.05) is 117 Å². The number of amides is 3. The number of nitrogens with one attached hydrogen (secondary N) is 4. The maximum absolute atomic E-state index is 13.4. The first kappa shape index (κ1) is 44.6. The number of benzene rings is 5. The van der Waals surface area contributed by atoms with Gasteiger partial charge in [-0.3, -0.25) is 10.1 Å². The number of rotatable bonds is 14. The van der Waals surface area contributed by atoms with Crippen molar-refractivity contribution in [3.05, 3.63) is 167 Å². The second-order valence-electron chi connectivity index (χ2n) is 16.3. The Morgan fingerprint density at radius 3 is 2.08 bits per heavy atom. The normalized spacial score (nSPS) is 11.0. The van der Waals surface area contributed by atoms with Crippen molar-refractivity contribution in [3.8, 4) is 17.2 Å². The number of anilines is 3. The highest BCUT2D eigenvalue weighted by Gasteiger charge is 2.22. The lowest BCUT2D eigenvalue weighted by molar-refractivity contribution is -0.116. The maximum Gasteiger partial charge on any atom is 0.324 e. The van der Waals surface area contributed by atoms with Gasteiger partial charge in [-0.25, -0.2) is 14.5 Å². The molecular weight excluding hydrogens is 775 g/mol. The van der Waals surface area contributed by atoms with Gasteiger partial charge in [-0.2, -0.15) is 5.10 Å². The van der Waals surface area contributed by atoms with Gasteiger partial charge in [-0.1, -0.05) is 105 Å². The summed E-state index contributed by atoms with van der Waals surface area (Å²) in [7, 11) is 3.60. The summed E-state index contributed by atoms with van der Waals surface area (Å²) in [5.74, 6) is 2.43. The Hall–Kier alpha value is -6.98. The number of aryl methyl sites for hydroxylation is 3. The lowest BCUT2D eigenvalue weighted by Gasteiger charge is -2.15. The molecule has 320 valence electrons. The van der Waals surface area contributed by atoms with E-state index in [0.29, 0.717) is 29.5 Å². The molecule has 0 radical (unpaired) electrons. The SMILES string of the molecule is CNCc1ccc(C)cc1.COc1ccc(CCCC(=O)Nc2cc(COc3ccc(NC(=O)Nc4cc(C(C)(C)C)nn4-c4ccc(C)cc4)c4ccccc34)ccn2)cc1. The molecule has 7 aromatic rings. The molecular formula is C51H57N7O4. The summed E-state index contributed by atoms with van der Waals surface area (Å²) in [6.07, 6.45) is 3.55. The number of pyridine rings is 1. The molecule has 0 bridgehead atoms. The number of carbonyl (C=O) groups excluding carboxylic acids is 2. The first-order valence-electron chi connectivity index (χ1n) is 20.9. The van der Waals surface area contributed by atoms with Crippen LogP contribution in [-0.4, -0.2) is 40.9 Å². The van der Waals surface area contributed by atoms with E-state index in [2.05, 4.69) is 78.2 Å². The van der Waals surface area contributed by atoms with Gasteiger partial charge in [-0.15, -0.1) is 0 Å². The quantitative estimate of drug-likeness (QED) is 0.0858. The Balaban J connectivity index is 0.000000564. The summed E-state index contributed by atoms with van der Waals surface area (Å²) in [6, 6.07) is 41.1. The Morgan fingerprint density at radius 2 is 1.40 bits per heavy atom. The van der Waals surface area contributed by atoms with Crippen molar-refractivity contribution in [2.45, 2.75) is 72.4 Å². The second kappa shape index (κ2) is 21.0. The number of aromatic nitrogens is 3. The first-order chi connectivity index (χ1) is 29.9. The molecule has 4 N–H and O–H groups in total. The monoisotopic (exact) mass is 831 g/mol. The molecule has 0 fully saturated rings. The van der Waals surface area contributed by atoms with Crippen LogP contribution in [0.5, 0.6) is 11.5 Å². The summed E-state index contributed by atoms with van der Waals surface area (Å²) in [4.78, 5) is 30.4. The van der Waals surface area contributed by atoms with Crippen molar-refractivity contribution in [2.24, 2.45) is 0 Å². The topological polar surface area (TPSA) is 131 Å². The van der Waals surface area contributed by atoms with E-state index in [-0.39, 0.29) is 24.0 Å². The van der Waals surface area contributed by atoms with Gasteiger partial charge in [-0.05, 0) is 99.0 Å². The third-order valence-corrected chi connectivity index (χ3v) is 10.1. The van der Waals surface area contributed by atoms with Crippen LogP contribution in [0.2, 0.25) is 0 Å². The van der Waals surface area contributed by atoms with Crippen molar-refractivity contribution in [1.82, 2.24) is 20.1 Å². The van der Waals surface area contributed by atoms with Gasteiger partial charge in [0.1, 0.15) is 29.7 Å². The van der Waals surface area contributed by atoms with Crippen LogP contribution in [0, 0.1) is 13.8 Å². The van der Waals surface area contributed by atoms with Crippen LogP contribution in [0.1, 0.15) is 67.1 Å². The molecule has 0 aliphatic heterocycles. The average Bonchev–Trinajstić information content (AvgIpc) is 3.69. The Morgan fingerprint density at radius 1 is 0.726 bits per heavy atom. The van der Waals surface area contributed by atoms with Gasteiger partial charge in [0, 0.05) is 41.4 Å². The molecule has 2 heterocycles. The molecule has 0 saturated heterocycles. The molecule has 0 spiro atoms. The molecule has 0 saturated carbocycles. The number of methoxy groups -OCH3 is 1. The number of hydrogen-bond donors (Lipinski definition) is 4. The molecule has 7 rings (SSSR count). The van der Waals surface area contributed by atoms with Crippen LogP contribution < -0.4 is 30.7 Å². The van der Waals surface area contributed by atoms with E-state index in [0.717, 1.165) is 64.0 Å². The highest BCUT2D eigenvalue weighted by atomic mass is 16.5. The van der Waals surface area contributed by atoms with E-state index >= 15 is 0 Å². The molecule has 0 atom stereocenters. The fraction of sp³-hybridized carbons (Fsp3) is 0.255. The highest BCUT2D eigenvalue weighted by Crippen LogP contribution is 2.33. The summed E-state index contributed by atoms with van der Waals surface area (Å²) < 4.78 is 13.2. The zero-order chi connectivity index (χ0) is 44.1. The van der Waals surface area contributed by atoms with Crippen LogP contribution in [0.3, 0.4) is 0 Å². The smallest absolute Gasteiger partial charge is 0.324 e. The number of ether oxygens (including phenoxy) is 2. The lowest BCUT2D eigenvalue weighted by atomic mass is 9.92. The molecule has 0 aliphatic rings. The minimum Gasteiger partial charge on any atom is -0.497 e. The van der Waals surface area contributed by atoms with Crippen LogP contribution in [0.4, 0.5) is 22.1 Å². The van der Waals surface area contributed by atoms with E-state index < -0.39 is 0 Å². The zero-order valence-electron chi connectivity index (χ0n) is 36.7. The molecule has 3 amide bonds. The van der Waals surface area contributed by atoms with E-state index in [9.17, 15) is 9.59 Å². The number of hydrogen-bond acceptors (Lipinski definition) is 7. The largest absolute Gasteiger partial charge is 0.497 e. The summed E-state index contributed by atoms with van der Waals surface area (Å²) >= 11 is 0. The average molecular weight is 832 g/mol. The predicted molar refractivity (Wildman–Crippen MR) is 251 cm³/mol. The molecule has 62 heavy (non-hydrogen) atoms. The number of carbonyl (C=O) groups is 2. The molecule has 11 nitrogen and oxygen atoms in total. The minimum atomic E-state index is -0.389. The maximum atomic E-state index is 13.4. The second-order valence-corrected chi connectivity index (χ2v) is 16.3. The van der Waals surface area contributed by atoms with Crippen molar-refractivity contribution < 1.29 is 19.1 Å². The van der Waals surface area contributed by atoms with Crippen LogP contribution in [-0.2, 0) is 29.8 Å². The molecule has 5 aromatic carbocycles. The van der Waals surface area contributed by atoms with Gasteiger partial charge in [0.05, 0.1) is 24.2 Å². The zero-order valence-corrected chi connectivity index (χ0v) is 36.7. The van der Waals surface area contributed by atoms with Gasteiger partial charge >= 0.3 is 6.03 Å². The van der Waals surface area contributed by atoms with Crippen LogP contribution in [0.15, 0.2) is 134 Å².